The fourth-order valence-electron chi connectivity index (χ4n) is 2.32. The van der Waals surface area contributed by atoms with Crippen LogP contribution in [-0.4, -0.2) is 41.2 Å². The Morgan fingerprint density at radius 3 is 2.57 bits per heavy atom. The molecule has 0 radical (unpaired) electrons. The smallest absolute Gasteiger partial charge is 0.159 e. The fourth-order valence-corrected chi connectivity index (χ4v) is 2.32. The molecule has 2 heterocycles. The van der Waals surface area contributed by atoms with Gasteiger partial charge in [-0.05, 0) is 18.2 Å². The van der Waals surface area contributed by atoms with Crippen LogP contribution in [0.25, 0.3) is 11.3 Å². The van der Waals surface area contributed by atoms with Crippen LogP contribution in [0.15, 0.2) is 28.8 Å². The van der Waals surface area contributed by atoms with Gasteiger partial charge >= 0.3 is 0 Å². The first-order chi connectivity index (χ1) is 10.1. The Morgan fingerprint density at radius 2 is 1.86 bits per heavy atom. The van der Waals surface area contributed by atoms with E-state index < -0.39 is 11.6 Å². The summed E-state index contributed by atoms with van der Waals surface area (Å²) in [7, 11) is 0. The average molecular weight is 294 g/mol. The molecule has 3 rings (SSSR count). The zero-order chi connectivity index (χ0) is 14.8. The third-order valence-corrected chi connectivity index (χ3v) is 3.56. The van der Waals surface area contributed by atoms with E-state index in [4.69, 9.17) is 10.4 Å². The van der Waals surface area contributed by atoms with Crippen molar-refractivity contribution in [3.05, 3.63) is 41.7 Å². The molecule has 1 aliphatic rings. The lowest BCUT2D eigenvalue weighted by Crippen LogP contribution is -2.48. The van der Waals surface area contributed by atoms with Crippen LogP contribution in [-0.2, 0) is 6.54 Å². The van der Waals surface area contributed by atoms with Crippen LogP contribution < -0.4 is 5.84 Å². The molecular formula is C14H16F2N4O. The van der Waals surface area contributed by atoms with Crippen molar-refractivity contribution in [1.82, 2.24) is 15.1 Å². The molecule has 0 spiro atoms. The molecule has 0 atom stereocenters. The molecule has 112 valence electrons. The second-order valence-electron chi connectivity index (χ2n) is 5.12. The Hall–Kier alpha value is -1.83. The number of nitrogens with zero attached hydrogens (tertiary/aromatic N) is 3. The third-order valence-electron chi connectivity index (χ3n) is 3.56. The van der Waals surface area contributed by atoms with Crippen LogP contribution in [0.4, 0.5) is 8.78 Å². The molecule has 1 aromatic heterocycles. The van der Waals surface area contributed by atoms with E-state index in [9.17, 15) is 8.78 Å². The maximum Gasteiger partial charge on any atom is 0.159 e. The summed E-state index contributed by atoms with van der Waals surface area (Å²) in [4.78, 5) is 2.21. The standard InChI is InChI=1S/C14H16F2N4O/c15-12-2-1-10(7-13(12)16)14-8-11(21-18-14)9-19-3-5-20(17)6-4-19/h1-2,7-8H,3-6,9,17H2. The highest BCUT2D eigenvalue weighted by Crippen LogP contribution is 2.22. The highest BCUT2D eigenvalue weighted by Gasteiger charge is 2.17. The molecular weight excluding hydrogens is 278 g/mol. The van der Waals surface area contributed by atoms with Crippen LogP contribution in [0.5, 0.6) is 0 Å². The number of nitrogens with two attached hydrogens (primary N) is 1. The summed E-state index contributed by atoms with van der Waals surface area (Å²) in [5.41, 5.74) is 0.997. The number of aromatic nitrogens is 1. The number of benzene rings is 1. The minimum absolute atomic E-state index is 0.496. The molecule has 0 aliphatic carbocycles. The Kier molecular flexibility index (Phi) is 3.96. The van der Waals surface area contributed by atoms with Gasteiger partial charge in [0.15, 0.2) is 17.4 Å². The Bertz CT molecular complexity index is 623. The number of hydrogen-bond donors (Lipinski definition) is 1. The number of rotatable bonds is 3. The van der Waals surface area contributed by atoms with Crippen molar-refractivity contribution in [2.75, 3.05) is 26.2 Å². The van der Waals surface area contributed by atoms with Gasteiger partial charge in [-0.15, -0.1) is 0 Å². The number of hydrogen-bond acceptors (Lipinski definition) is 5. The van der Waals surface area contributed by atoms with Gasteiger partial charge in [0.2, 0.25) is 0 Å². The molecule has 0 saturated carbocycles. The van der Waals surface area contributed by atoms with E-state index in [0.29, 0.717) is 23.6 Å². The van der Waals surface area contributed by atoms with Crippen LogP contribution in [0.3, 0.4) is 0 Å². The van der Waals surface area contributed by atoms with Crippen molar-refractivity contribution >= 4 is 0 Å². The van der Waals surface area contributed by atoms with Gasteiger partial charge in [0.25, 0.3) is 0 Å². The molecule has 0 bridgehead atoms. The van der Waals surface area contributed by atoms with Gasteiger partial charge in [0.1, 0.15) is 5.69 Å². The van der Waals surface area contributed by atoms with Gasteiger partial charge in [-0.3, -0.25) is 10.7 Å². The second kappa shape index (κ2) is 5.88. The van der Waals surface area contributed by atoms with Crippen molar-refractivity contribution in [2.24, 2.45) is 5.84 Å². The lowest BCUT2D eigenvalue weighted by molar-refractivity contribution is 0.119. The van der Waals surface area contributed by atoms with Gasteiger partial charge in [0, 0.05) is 37.8 Å². The first-order valence-corrected chi connectivity index (χ1v) is 6.75. The van der Waals surface area contributed by atoms with Crippen molar-refractivity contribution < 1.29 is 13.3 Å². The van der Waals surface area contributed by atoms with E-state index in [0.717, 1.165) is 38.3 Å². The molecule has 2 N–H and O–H groups in total. The van der Waals surface area contributed by atoms with Crippen LogP contribution in [0.1, 0.15) is 5.76 Å². The fraction of sp³-hybridized carbons (Fsp3) is 0.357. The third kappa shape index (κ3) is 3.26. The maximum absolute atomic E-state index is 13.2. The number of hydrazine groups is 1. The van der Waals surface area contributed by atoms with Gasteiger partial charge in [0.05, 0.1) is 6.54 Å². The van der Waals surface area contributed by atoms with Crippen molar-refractivity contribution in [3.63, 3.8) is 0 Å². The largest absolute Gasteiger partial charge is 0.359 e. The molecule has 2 aromatic rings. The minimum atomic E-state index is -0.892. The molecule has 1 aromatic carbocycles. The predicted molar refractivity (Wildman–Crippen MR) is 72.9 cm³/mol. The SMILES string of the molecule is NN1CCN(Cc2cc(-c3ccc(F)c(F)c3)no2)CC1. The average Bonchev–Trinajstić information content (AvgIpc) is 2.93. The van der Waals surface area contributed by atoms with E-state index in [1.54, 1.807) is 11.1 Å². The number of piperazine rings is 1. The maximum atomic E-state index is 13.2. The summed E-state index contributed by atoms with van der Waals surface area (Å²) in [6.07, 6.45) is 0. The van der Waals surface area contributed by atoms with Crippen molar-refractivity contribution in [1.29, 1.82) is 0 Å². The number of halogens is 2. The van der Waals surface area contributed by atoms with E-state index in [-0.39, 0.29) is 0 Å². The van der Waals surface area contributed by atoms with Crippen molar-refractivity contribution in [3.8, 4) is 11.3 Å². The summed E-state index contributed by atoms with van der Waals surface area (Å²) < 4.78 is 31.4. The first-order valence-electron chi connectivity index (χ1n) is 6.75. The van der Waals surface area contributed by atoms with Gasteiger partial charge in [-0.1, -0.05) is 5.16 Å². The van der Waals surface area contributed by atoms with Gasteiger partial charge < -0.3 is 4.52 Å². The molecule has 1 fully saturated rings. The highest BCUT2D eigenvalue weighted by molar-refractivity contribution is 5.58. The molecule has 1 aliphatic heterocycles. The summed E-state index contributed by atoms with van der Waals surface area (Å²) in [6.45, 7) is 3.97. The van der Waals surface area contributed by atoms with E-state index in [1.165, 1.54) is 6.07 Å². The zero-order valence-electron chi connectivity index (χ0n) is 11.4. The summed E-state index contributed by atoms with van der Waals surface area (Å²) in [5, 5.41) is 5.69. The van der Waals surface area contributed by atoms with Crippen LogP contribution >= 0.6 is 0 Å². The normalized spacial score (nSPS) is 17.3. The Morgan fingerprint density at radius 1 is 1.10 bits per heavy atom. The summed E-state index contributed by atoms with van der Waals surface area (Å²) in [5.74, 6) is 4.63. The molecule has 5 nitrogen and oxygen atoms in total. The summed E-state index contributed by atoms with van der Waals surface area (Å²) in [6, 6.07) is 5.43. The minimum Gasteiger partial charge on any atom is -0.359 e. The lowest BCUT2D eigenvalue weighted by Gasteiger charge is -2.30. The zero-order valence-corrected chi connectivity index (χ0v) is 11.4. The van der Waals surface area contributed by atoms with E-state index >= 15 is 0 Å². The molecule has 0 amide bonds. The molecule has 0 unspecified atom stereocenters. The highest BCUT2D eigenvalue weighted by atomic mass is 19.2. The van der Waals surface area contributed by atoms with Gasteiger partial charge in [-0.25, -0.2) is 13.8 Å². The van der Waals surface area contributed by atoms with Gasteiger partial charge in [-0.2, -0.15) is 0 Å². The summed E-state index contributed by atoms with van der Waals surface area (Å²) >= 11 is 0. The quantitative estimate of drug-likeness (QED) is 0.872. The Balaban J connectivity index is 1.69. The topological polar surface area (TPSA) is 58.5 Å². The van der Waals surface area contributed by atoms with Crippen LogP contribution in [0.2, 0.25) is 0 Å². The van der Waals surface area contributed by atoms with Crippen LogP contribution in [0, 0.1) is 11.6 Å². The monoisotopic (exact) mass is 294 g/mol. The van der Waals surface area contributed by atoms with Crippen molar-refractivity contribution in [2.45, 2.75) is 6.54 Å². The van der Waals surface area contributed by atoms with E-state index in [1.807, 2.05) is 0 Å². The van der Waals surface area contributed by atoms with E-state index in [2.05, 4.69) is 10.1 Å². The molecule has 1 saturated heterocycles. The second-order valence-corrected chi connectivity index (χ2v) is 5.12. The predicted octanol–water partition coefficient (Wildman–Crippen LogP) is 1.61. The molecule has 21 heavy (non-hydrogen) atoms. The first kappa shape index (κ1) is 14.1. The Labute approximate surface area is 120 Å². The lowest BCUT2D eigenvalue weighted by atomic mass is 10.1. The molecule has 7 heteroatoms.